The van der Waals surface area contributed by atoms with Crippen molar-refractivity contribution in [2.24, 2.45) is 5.92 Å². The van der Waals surface area contributed by atoms with Crippen molar-refractivity contribution in [2.75, 3.05) is 31.1 Å². The lowest BCUT2D eigenvalue weighted by Crippen LogP contribution is -2.49. The molecule has 14 heteroatoms. The molecule has 1 atom stereocenters. The maximum Gasteiger partial charge on any atom is 0.276 e. The molecule has 234 valence electrons. The van der Waals surface area contributed by atoms with Crippen LogP contribution in [0.3, 0.4) is 0 Å². The van der Waals surface area contributed by atoms with E-state index in [2.05, 4.69) is 22.9 Å². The minimum absolute atomic E-state index is 0.00123. The molecule has 1 saturated heterocycles. The second kappa shape index (κ2) is 12.4. The summed E-state index contributed by atoms with van der Waals surface area (Å²) in [5.41, 5.74) is -0.306. The number of halogens is 5. The highest BCUT2D eigenvalue weighted by Crippen LogP contribution is 2.46. The van der Waals surface area contributed by atoms with Crippen LogP contribution in [-0.4, -0.2) is 57.7 Å². The van der Waals surface area contributed by atoms with E-state index in [4.69, 9.17) is 34.8 Å². The Bertz CT molecular complexity index is 1910. The molecule has 2 N–H and O–H groups in total. The smallest absolute Gasteiger partial charge is 0.276 e. The Hall–Kier alpha value is -4.11. The summed E-state index contributed by atoms with van der Waals surface area (Å²) >= 11 is 18.6. The molecule has 0 unspecified atom stereocenters. The molecule has 1 aromatic carbocycles. The summed E-state index contributed by atoms with van der Waals surface area (Å²) in [5, 5.41) is 22.7. The number of fused-ring (bicyclic) bond motifs is 1. The molecule has 2 aliphatic heterocycles. The van der Waals surface area contributed by atoms with Crippen molar-refractivity contribution >= 4 is 63.1 Å². The Kier molecular flexibility index (Phi) is 8.86. The summed E-state index contributed by atoms with van der Waals surface area (Å²) in [5.74, 6) is -4.15. The maximum absolute atomic E-state index is 14.9. The minimum atomic E-state index is -1.46. The third-order valence-electron chi connectivity index (χ3n) is 7.96. The number of aromatic nitrogens is 2. The molecule has 2 aliphatic rings. The Morgan fingerprint density at radius 3 is 2.47 bits per heavy atom. The SMILES string of the molecule is C=CC(=O)N1CCN(c2c(C#N)c(=O)n(C3=C(C)C=CN[C@@H]3C(C)C)c3nc(-c4c(O)c(F)c(Cl)c(F)c4Cl)c(Cl)cc23)CC1. The number of carbonyl (C=O) groups excluding carboxylic acids is 1. The number of pyridine rings is 2. The number of carbonyl (C=O) groups is 1. The van der Waals surface area contributed by atoms with Crippen LogP contribution < -0.4 is 15.8 Å². The number of hydrogen-bond donors (Lipinski definition) is 2. The average Bonchev–Trinajstić information content (AvgIpc) is 3.02. The van der Waals surface area contributed by atoms with E-state index in [0.29, 0.717) is 24.4 Å². The van der Waals surface area contributed by atoms with Crippen molar-refractivity contribution in [1.82, 2.24) is 19.8 Å². The number of dihydropyridines is 1. The van der Waals surface area contributed by atoms with Gasteiger partial charge in [-0.15, -0.1) is 0 Å². The molecule has 3 aromatic rings. The normalized spacial score (nSPS) is 16.8. The fraction of sp³-hybridized carbons (Fsp3) is 0.290. The zero-order chi connectivity index (χ0) is 32.9. The van der Waals surface area contributed by atoms with E-state index in [9.17, 15) is 28.7 Å². The number of rotatable bonds is 5. The number of nitrogens with one attached hydrogen (secondary N) is 1. The van der Waals surface area contributed by atoms with Gasteiger partial charge in [0.15, 0.2) is 17.4 Å². The lowest BCUT2D eigenvalue weighted by molar-refractivity contribution is -0.126. The number of piperazine rings is 1. The minimum Gasteiger partial charge on any atom is -0.504 e. The molecule has 2 aromatic heterocycles. The van der Waals surface area contributed by atoms with Crippen LogP contribution in [0.2, 0.25) is 15.1 Å². The number of amides is 1. The molecule has 1 fully saturated rings. The van der Waals surface area contributed by atoms with Crippen LogP contribution in [0.15, 0.2) is 41.4 Å². The molecule has 0 radical (unpaired) electrons. The summed E-state index contributed by atoms with van der Waals surface area (Å²) in [6, 6.07) is 3.08. The lowest BCUT2D eigenvalue weighted by Gasteiger charge is -2.37. The van der Waals surface area contributed by atoms with Gasteiger partial charge in [0, 0.05) is 31.6 Å². The van der Waals surface area contributed by atoms with Gasteiger partial charge < -0.3 is 20.2 Å². The Labute approximate surface area is 272 Å². The predicted molar refractivity (Wildman–Crippen MR) is 172 cm³/mol. The fourth-order valence-electron chi connectivity index (χ4n) is 5.72. The monoisotopic (exact) mass is 674 g/mol. The molecule has 45 heavy (non-hydrogen) atoms. The van der Waals surface area contributed by atoms with Crippen molar-refractivity contribution in [3.8, 4) is 23.1 Å². The number of phenols is 1. The van der Waals surface area contributed by atoms with Gasteiger partial charge >= 0.3 is 0 Å². The lowest BCUT2D eigenvalue weighted by atomic mass is 9.94. The Morgan fingerprint density at radius 2 is 1.87 bits per heavy atom. The number of benzene rings is 1. The zero-order valence-electron chi connectivity index (χ0n) is 24.4. The maximum atomic E-state index is 14.9. The first-order valence-corrected chi connectivity index (χ1v) is 15.0. The van der Waals surface area contributed by atoms with Crippen LogP contribution in [0.1, 0.15) is 26.3 Å². The number of allylic oxidation sites excluding steroid dienone is 2. The highest BCUT2D eigenvalue weighted by Gasteiger charge is 2.33. The zero-order valence-corrected chi connectivity index (χ0v) is 26.7. The van der Waals surface area contributed by atoms with E-state index < -0.39 is 44.6 Å². The van der Waals surface area contributed by atoms with E-state index in [1.807, 2.05) is 13.8 Å². The third-order valence-corrected chi connectivity index (χ3v) is 8.94. The van der Waals surface area contributed by atoms with Gasteiger partial charge in [0.05, 0.1) is 38.7 Å². The Morgan fingerprint density at radius 1 is 1.20 bits per heavy atom. The second-order valence-corrected chi connectivity index (χ2v) is 12.1. The van der Waals surface area contributed by atoms with Crippen molar-refractivity contribution < 1.29 is 18.7 Å². The number of phenolic OH excluding ortho intramolecular Hbond substituents is 1. The van der Waals surface area contributed by atoms with Crippen LogP contribution in [0.4, 0.5) is 14.5 Å². The van der Waals surface area contributed by atoms with Crippen LogP contribution >= 0.6 is 34.8 Å². The largest absolute Gasteiger partial charge is 0.504 e. The van der Waals surface area contributed by atoms with Crippen molar-refractivity contribution in [3.05, 3.63) is 79.2 Å². The molecule has 0 saturated carbocycles. The molecule has 9 nitrogen and oxygen atoms in total. The summed E-state index contributed by atoms with van der Waals surface area (Å²) in [6.07, 6.45) is 4.74. The summed E-state index contributed by atoms with van der Waals surface area (Å²) in [4.78, 5) is 34.6. The third kappa shape index (κ3) is 5.31. The highest BCUT2D eigenvalue weighted by molar-refractivity contribution is 6.39. The van der Waals surface area contributed by atoms with Gasteiger partial charge in [-0.1, -0.05) is 55.2 Å². The van der Waals surface area contributed by atoms with E-state index in [0.717, 1.165) is 0 Å². The Balaban J connectivity index is 1.90. The molecule has 0 spiro atoms. The van der Waals surface area contributed by atoms with Gasteiger partial charge in [0.1, 0.15) is 22.3 Å². The summed E-state index contributed by atoms with van der Waals surface area (Å²) in [7, 11) is 0. The van der Waals surface area contributed by atoms with E-state index in [-0.39, 0.29) is 57.9 Å². The first kappa shape index (κ1) is 32.3. The van der Waals surface area contributed by atoms with Gasteiger partial charge in [-0.25, -0.2) is 13.8 Å². The fourth-order valence-corrected chi connectivity index (χ4v) is 6.47. The standard InChI is InChI=1S/C31H27Cl3F2N6O3/c1-5-19(43)40-8-10-41(11-9-40)28-16-12-18(32)26(20-21(33)23(35)22(34)24(36)29(20)44)39-30(16)42(31(45)17(28)13-37)27-15(4)6-7-38-25(27)14(2)3/h5-7,12,14,25,38,44H,1,8-11H2,2-4H3/t25-/m1/s1. The van der Waals surface area contributed by atoms with Gasteiger partial charge in [0.2, 0.25) is 5.91 Å². The van der Waals surface area contributed by atoms with Crippen molar-refractivity contribution in [3.63, 3.8) is 0 Å². The van der Waals surface area contributed by atoms with Crippen LogP contribution in [0.5, 0.6) is 5.75 Å². The van der Waals surface area contributed by atoms with Gasteiger partial charge in [-0.05, 0) is 42.8 Å². The topological polar surface area (TPSA) is 114 Å². The number of hydrogen-bond acceptors (Lipinski definition) is 7. The molecule has 0 aliphatic carbocycles. The summed E-state index contributed by atoms with van der Waals surface area (Å²) in [6.45, 7) is 10.4. The van der Waals surface area contributed by atoms with E-state index in [1.165, 1.54) is 16.7 Å². The quantitative estimate of drug-likeness (QED) is 0.191. The predicted octanol–water partition coefficient (Wildman–Crippen LogP) is 6.09. The molecular formula is C31H27Cl3F2N6O3. The van der Waals surface area contributed by atoms with E-state index >= 15 is 0 Å². The van der Waals surface area contributed by atoms with Gasteiger partial charge in [-0.3, -0.25) is 14.2 Å². The van der Waals surface area contributed by atoms with Crippen molar-refractivity contribution in [2.45, 2.75) is 26.8 Å². The van der Waals surface area contributed by atoms with E-state index in [1.54, 1.807) is 29.0 Å². The van der Waals surface area contributed by atoms with Crippen LogP contribution in [0.25, 0.3) is 28.0 Å². The molecule has 5 rings (SSSR count). The van der Waals surface area contributed by atoms with Crippen LogP contribution in [-0.2, 0) is 4.79 Å². The molecular weight excluding hydrogens is 649 g/mol. The van der Waals surface area contributed by atoms with Crippen LogP contribution in [0, 0.1) is 28.9 Å². The second-order valence-electron chi connectivity index (χ2n) is 11.0. The molecule has 4 heterocycles. The van der Waals surface area contributed by atoms with Crippen molar-refractivity contribution in [1.29, 1.82) is 5.26 Å². The summed E-state index contributed by atoms with van der Waals surface area (Å²) < 4.78 is 31.0. The van der Waals surface area contributed by atoms with Gasteiger partial charge in [-0.2, -0.15) is 5.26 Å². The highest BCUT2D eigenvalue weighted by atomic mass is 35.5. The first-order valence-electron chi connectivity index (χ1n) is 13.9. The number of aromatic hydroxyl groups is 1. The number of nitrogens with zero attached hydrogens (tertiary/aromatic N) is 5. The number of nitriles is 1. The average molecular weight is 676 g/mol. The number of anilines is 1. The first-order chi connectivity index (χ1) is 21.3. The van der Waals surface area contributed by atoms with Gasteiger partial charge in [0.25, 0.3) is 5.56 Å². The molecule has 0 bridgehead atoms. The molecule has 1 amide bonds.